The molecule has 0 saturated heterocycles. The Kier molecular flexibility index (Phi) is 4.57. The quantitative estimate of drug-likeness (QED) is 0.446. The number of fused-ring (bicyclic) bond motifs is 1. The molecule has 0 aliphatic carbocycles. The molecular weight excluding hydrogens is 402 g/mol. The topological polar surface area (TPSA) is 121 Å². The van der Waals surface area contributed by atoms with E-state index in [0.29, 0.717) is 5.02 Å². The number of phenolic OH excluding ortho intramolecular Hbond substituents is 1. The second kappa shape index (κ2) is 6.44. The van der Waals surface area contributed by atoms with E-state index in [-0.39, 0.29) is 21.4 Å². The predicted molar refractivity (Wildman–Crippen MR) is 97.7 cm³/mol. The van der Waals surface area contributed by atoms with Crippen LogP contribution in [0.5, 0.6) is 5.75 Å². The summed E-state index contributed by atoms with van der Waals surface area (Å²) < 4.78 is 59.8. The van der Waals surface area contributed by atoms with E-state index >= 15 is 0 Å². The van der Waals surface area contributed by atoms with E-state index in [4.69, 9.17) is 11.6 Å². The fourth-order valence-corrected chi connectivity index (χ4v) is 4.39. The first-order valence-electron chi connectivity index (χ1n) is 7.10. The first kappa shape index (κ1) is 18.5. The summed E-state index contributed by atoms with van der Waals surface area (Å²) in [6, 6.07) is 12.0. The average molecular weight is 414 g/mol. The van der Waals surface area contributed by atoms with Crippen molar-refractivity contribution in [1.29, 1.82) is 0 Å². The fourth-order valence-electron chi connectivity index (χ4n) is 2.46. The van der Waals surface area contributed by atoms with Gasteiger partial charge < -0.3 is 5.11 Å². The van der Waals surface area contributed by atoms with Gasteiger partial charge in [0.1, 0.15) is 10.6 Å². The van der Waals surface area contributed by atoms with Crippen molar-refractivity contribution in [3.63, 3.8) is 0 Å². The van der Waals surface area contributed by atoms with Crippen molar-refractivity contribution in [3.8, 4) is 5.75 Å². The number of hydrogen-bond acceptors (Lipinski definition) is 5. The molecule has 0 aromatic heterocycles. The number of rotatable bonds is 4. The molecule has 0 unspecified atom stereocenters. The second-order valence-electron chi connectivity index (χ2n) is 5.35. The molecule has 0 aliphatic rings. The van der Waals surface area contributed by atoms with Gasteiger partial charge in [0.05, 0.1) is 10.6 Å². The van der Waals surface area contributed by atoms with E-state index in [9.17, 15) is 26.5 Å². The van der Waals surface area contributed by atoms with Gasteiger partial charge in [0.2, 0.25) is 0 Å². The molecule has 0 fully saturated rings. The van der Waals surface area contributed by atoms with Crippen LogP contribution in [0.2, 0.25) is 5.02 Å². The van der Waals surface area contributed by atoms with Crippen molar-refractivity contribution < 1.29 is 26.5 Å². The normalized spacial score (nSPS) is 12.2. The molecule has 3 aromatic rings. The van der Waals surface area contributed by atoms with E-state index < -0.39 is 30.8 Å². The summed E-state index contributed by atoms with van der Waals surface area (Å²) in [5.74, 6) is -0.645. The number of nitrogens with one attached hydrogen (secondary N) is 1. The molecule has 26 heavy (non-hydrogen) atoms. The van der Waals surface area contributed by atoms with Crippen molar-refractivity contribution in [2.24, 2.45) is 0 Å². The van der Waals surface area contributed by atoms with Gasteiger partial charge in [0.25, 0.3) is 20.1 Å². The van der Waals surface area contributed by atoms with Crippen molar-refractivity contribution in [2.75, 3.05) is 4.72 Å². The number of halogens is 1. The zero-order chi connectivity index (χ0) is 19.1. The Labute approximate surface area is 154 Å². The maximum Gasteiger partial charge on any atom is 0.295 e. The SMILES string of the molecule is O=S(=O)(O)c1cc(O)c(NS(=O)(=O)c2ccc(Cl)cc2)c2ccccc12. The lowest BCUT2D eigenvalue weighted by atomic mass is 10.1. The molecular formula is C16H12ClNO6S2. The molecule has 10 heteroatoms. The van der Waals surface area contributed by atoms with Gasteiger partial charge in [-0.2, -0.15) is 8.42 Å². The smallest absolute Gasteiger partial charge is 0.295 e. The molecule has 7 nitrogen and oxygen atoms in total. The van der Waals surface area contributed by atoms with E-state index in [0.717, 1.165) is 6.07 Å². The molecule has 0 atom stereocenters. The Morgan fingerprint density at radius 3 is 2.04 bits per heavy atom. The van der Waals surface area contributed by atoms with Crippen LogP contribution < -0.4 is 4.72 Å². The molecule has 0 radical (unpaired) electrons. The molecule has 3 N–H and O–H groups in total. The summed E-state index contributed by atoms with van der Waals surface area (Å²) in [7, 11) is -8.69. The van der Waals surface area contributed by atoms with Crippen molar-refractivity contribution in [2.45, 2.75) is 9.79 Å². The maximum atomic E-state index is 12.6. The minimum Gasteiger partial charge on any atom is -0.506 e. The van der Waals surface area contributed by atoms with Crippen molar-refractivity contribution in [1.82, 2.24) is 0 Å². The van der Waals surface area contributed by atoms with Gasteiger partial charge in [-0.3, -0.25) is 9.27 Å². The van der Waals surface area contributed by atoms with Gasteiger partial charge in [0.15, 0.2) is 0 Å². The van der Waals surface area contributed by atoms with E-state index in [1.54, 1.807) is 0 Å². The van der Waals surface area contributed by atoms with Gasteiger partial charge in [0, 0.05) is 21.9 Å². The summed E-state index contributed by atoms with van der Waals surface area (Å²) in [5, 5.41) is 10.7. The highest BCUT2D eigenvalue weighted by Gasteiger charge is 2.23. The standard InChI is InChI=1S/C16H12ClNO6S2/c17-10-5-7-11(8-6-10)25(20,21)18-16-13-4-2-1-3-12(13)15(9-14(16)19)26(22,23)24/h1-9,18-19H,(H,22,23,24). The molecule has 0 heterocycles. The third-order valence-electron chi connectivity index (χ3n) is 3.62. The zero-order valence-corrected chi connectivity index (χ0v) is 15.3. The molecule has 136 valence electrons. The van der Waals surface area contributed by atoms with Crippen LogP contribution in [0.1, 0.15) is 0 Å². The van der Waals surface area contributed by atoms with Crippen LogP contribution in [0.25, 0.3) is 10.8 Å². The highest BCUT2D eigenvalue weighted by molar-refractivity contribution is 7.92. The minimum atomic E-state index is -4.62. The van der Waals surface area contributed by atoms with Crippen LogP contribution in [-0.2, 0) is 20.1 Å². The minimum absolute atomic E-state index is 0.0570. The Hall–Kier alpha value is -2.33. The third kappa shape index (κ3) is 3.47. The highest BCUT2D eigenvalue weighted by atomic mass is 35.5. The van der Waals surface area contributed by atoms with E-state index in [1.807, 2.05) is 0 Å². The maximum absolute atomic E-state index is 12.6. The second-order valence-corrected chi connectivity index (χ2v) is 8.86. The number of aromatic hydroxyl groups is 1. The number of sulfonamides is 1. The lowest BCUT2D eigenvalue weighted by molar-refractivity contribution is 0.469. The average Bonchev–Trinajstić information content (AvgIpc) is 2.56. The Morgan fingerprint density at radius 1 is 0.885 bits per heavy atom. The van der Waals surface area contributed by atoms with Crippen LogP contribution >= 0.6 is 11.6 Å². The summed E-state index contributed by atoms with van der Waals surface area (Å²) in [4.78, 5) is -0.621. The third-order valence-corrected chi connectivity index (χ3v) is 6.14. The lowest BCUT2D eigenvalue weighted by Gasteiger charge is -2.14. The molecule has 0 aliphatic heterocycles. The first-order chi connectivity index (χ1) is 12.1. The van der Waals surface area contributed by atoms with Crippen LogP contribution in [0.4, 0.5) is 5.69 Å². The monoisotopic (exact) mass is 413 g/mol. The number of benzene rings is 3. The Morgan fingerprint density at radius 2 is 1.46 bits per heavy atom. The van der Waals surface area contributed by atoms with Crippen molar-refractivity contribution >= 4 is 48.2 Å². The molecule has 0 saturated carbocycles. The van der Waals surface area contributed by atoms with E-state index in [2.05, 4.69) is 4.72 Å². The first-order valence-corrected chi connectivity index (χ1v) is 10.4. The van der Waals surface area contributed by atoms with Gasteiger partial charge >= 0.3 is 0 Å². The lowest BCUT2D eigenvalue weighted by Crippen LogP contribution is -2.13. The van der Waals surface area contributed by atoms with Gasteiger partial charge in [-0.05, 0) is 24.3 Å². The summed E-state index contributed by atoms with van der Waals surface area (Å²) in [6.45, 7) is 0. The number of hydrogen-bond donors (Lipinski definition) is 3. The number of anilines is 1. The van der Waals surface area contributed by atoms with Gasteiger partial charge in [-0.25, -0.2) is 8.42 Å². The Bertz CT molecular complexity index is 1210. The molecule has 0 amide bonds. The van der Waals surface area contributed by atoms with Crippen molar-refractivity contribution in [3.05, 3.63) is 59.6 Å². The summed E-state index contributed by atoms with van der Waals surface area (Å²) in [6.07, 6.45) is 0. The molecule has 0 bridgehead atoms. The number of phenols is 1. The molecule has 0 spiro atoms. The van der Waals surface area contributed by atoms with Crippen LogP contribution in [0.3, 0.4) is 0 Å². The molecule has 3 aromatic carbocycles. The largest absolute Gasteiger partial charge is 0.506 e. The van der Waals surface area contributed by atoms with E-state index in [1.165, 1.54) is 48.5 Å². The summed E-state index contributed by atoms with van der Waals surface area (Å²) >= 11 is 5.75. The Balaban J connectivity index is 2.20. The van der Waals surface area contributed by atoms with Gasteiger partial charge in [-0.15, -0.1) is 0 Å². The summed E-state index contributed by atoms with van der Waals surface area (Å²) in [5.41, 5.74) is -0.206. The zero-order valence-electron chi connectivity index (χ0n) is 12.9. The van der Waals surface area contributed by atoms with Crippen LogP contribution in [-0.4, -0.2) is 26.5 Å². The molecule has 3 rings (SSSR count). The highest BCUT2D eigenvalue weighted by Crippen LogP contribution is 2.38. The van der Waals surface area contributed by atoms with Crippen LogP contribution in [0, 0.1) is 0 Å². The van der Waals surface area contributed by atoms with Crippen LogP contribution in [0.15, 0.2) is 64.4 Å². The van der Waals surface area contributed by atoms with Gasteiger partial charge in [-0.1, -0.05) is 35.9 Å². The fraction of sp³-hybridized carbons (Fsp3) is 0. The predicted octanol–water partition coefficient (Wildman–Crippen LogP) is 3.25.